The number of methoxy groups -OCH3 is 1. The summed E-state index contributed by atoms with van der Waals surface area (Å²) in [5.74, 6) is 2.96. The van der Waals surface area contributed by atoms with Gasteiger partial charge in [-0.25, -0.2) is 0 Å². The fraction of sp³-hybridized carbons (Fsp3) is 0.308. The minimum atomic E-state index is -0.256. The van der Waals surface area contributed by atoms with Gasteiger partial charge in [0.05, 0.1) is 18.7 Å². The molecule has 1 aliphatic rings. The van der Waals surface area contributed by atoms with Gasteiger partial charge >= 0.3 is 0 Å². The molecule has 0 N–H and O–H groups in total. The zero-order valence-electron chi connectivity index (χ0n) is 17.5. The molecule has 30 heavy (non-hydrogen) atoms. The quantitative estimate of drug-likeness (QED) is 0.574. The molecule has 4 nitrogen and oxygen atoms in total. The van der Waals surface area contributed by atoms with Crippen molar-refractivity contribution in [3.8, 4) is 18.1 Å². The van der Waals surface area contributed by atoms with Crippen molar-refractivity contribution < 1.29 is 9.53 Å². The fourth-order valence-corrected chi connectivity index (χ4v) is 4.51. The molecular weight excluding hydrogens is 372 g/mol. The van der Waals surface area contributed by atoms with E-state index < -0.39 is 0 Å². The summed E-state index contributed by atoms with van der Waals surface area (Å²) in [5, 5.41) is 1.05. The average Bonchev–Trinajstić information content (AvgIpc) is 2.80. The lowest BCUT2D eigenvalue weighted by Crippen LogP contribution is -2.47. The van der Waals surface area contributed by atoms with Crippen LogP contribution in [0.5, 0.6) is 5.75 Å². The summed E-state index contributed by atoms with van der Waals surface area (Å²) in [4.78, 5) is 19.3. The van der Waals surface area contributed by atoms with Gasteiger partial charge in [-0.1, -0.05) is 38.0 Å². The summed E-state index contributed by atoms with van der Waals surface area (Å²) in [5.41, 5.74) is 4.30. The first-order valence-corrected chi connectivity index (χ1v) is 10.5. The Labute approximate surface area is 177 Å². The maximum absolute atomic E-state index is 13.0. The second kappa shape index (κ2) is 8.59. The van der Waals surface area contributed by atoms with Gasteiger partial charge in [0.25, 0.3) is 5.91 Å². The number of rotatable bonds is 5. The van der Waals surface area contributed by atoms with E-state index in [-0.39, 0.29) is 18.0 Å². The Morgan fingerprint density at radius 2 is 2.13 bits per heavy atom. The lowest BCUT2D eigenvalue weighted by atomic mass is 9.82. The van der Waals surface area contributed by atoms with Crippen molar-refractivity contribution in [2.75, 3.05) is 7.11 Å². The van der Waals surface area contributed by atoms with Crippen molar-refractivity contribution in [3.63, 3.8) is 0 Å². The summed E-state index contributed by atoms with van der Waals surface area (Å²) in [6.45, 7) is 2.17. The predicted molar refractivity (Wildman–Crippen MR) is 119 cm³/mol. The molecule has 2 atom stereocenters. The topological polar surface area (TPSA) is 42.4 Å². The Bertz CT molecular complexity index is 1120. The normalized spacial score (nSPS) is 18.0. The van der Waals surface area contributed by atoms with Crippen LogP contribution in [0.15, 0.2) is 54.7 Å². The van der Waals surface area contributed by atoms with E-state index in [1.54, 1.807) is 13.3 Å². The molecule has 0 fully saturated rings. The third-order valence-electron chi connectivity index (χ3n) is 5.96. The minimum Gasteiger partial charge on any atom is -0.497 e. The highest BCUT2D eigenvalue weighted by molar-refractivity contribution is 5.94. The van der Waals surface area contributed by atoms with Crippen LogP contribution in [0.25, 0.3) is 10.9 Å². The van der Waals surface area contributed by atoms with Crippen LogP contribution in [-0.2, 0) is 11.2 Å². The molecule has 0 saturated heterocycles. The molecule has 4 rings (SSSR count). The Kier molecular flexibility index (Phi) is 5.72. The van der Waals surface area contributed by atoms with E-state index in [2.05, 4.69) is 42.1 Å². The van der Waals surface area contributed by atoms with Gasteiger partial charge in [0.15, 0.2) is 0 Å². The average molecular weight is 399 g/mol. The van der Waals surface area contributed by atoms with Crippen molar-refractivity contribution in [1.82, 2.24) is 9.88 Å². The van der Waals surface area contributed by atoms with Gasteiger partial charge in [0.2, 0.25) is 0 Å². The van der Waals surface area contributed by atoms with E-state index in [9.17, 15) is 4.79 Å². The van der Waals surface area contributed by atoms with Gasteiger partial charge in [-0.3, -0.25) is 9.78 Å². The largest absolute Gasteiger partial charge is 0.497 e. The molecule has 0 saturated carbocycles. The van der Waals surface area contributed by atoms with Gasteiger partial charge in [-0.15, -0.1) is 6.42 Å². The van der Waals surface area contributed by atoms with Gasteiger partial charge in [-0.2, -0.15) is 0 Å². The van der Waals surface area contributed by atoms with Crippen LogP contribution in [0, 0.1) is 12.3 Å². The van der Waals surface area contributed by atoms with Crippen LogP contribution < -0.4 is 4.74 Å². The Morgan fingerprint density at radius 3 is 2.90 bits per heavy atom. The van der Waals surface area contributed by atoms with Crippen LogP contribution in [0.1, 0.15) is 48.9 Å². The third kappa shape index (κ3) is 3.64. The molecule has 0 bridgehead atoms. The van der Waals surface area contributed by atoms with Crippen molar-refractivity contribution in [1.29, 1.82) is 0 Å². The highest BCUT2D eigenvalue weighted by Crippen LogP contribution is 2.41. The third-order valence-corrected chi connectivity index (χ3v) is 5.96. The molecule has 2 aromatic carbocycles. The highest BCUT2D eigenvalue weighted by atomic mass is 16.5. The van der Waals surface area contributed by atoms with Gasteiger partial charge in [0.1, 0.15) is 5.75 Å². The molecule has 1 amide bonds. The lowest BCUT2D eigenvalue weighted by molar-refractivity contribution is -0.130. The standard InChI is InChI=1S/C26H26N2O2/c1-4-6-9-21-16-20-17-22(30-3)11-12-23(20)26(28(21)25(29)5-2)19-10-13-24-18(15-19)8-7-14-27-24/h2,7-8,10-15,17,21,26H,4,6,9,16H2,1,3H3/t21-,26-/m0/s1. The first-order chi connectivity index (χ1) is 14.7. The van der Waals surface area contributed by atoms with E-state index in [4.69, 9.17) is 11.2 Å². The molecule has 0 radical (unpaired) electrons. The molecule has 1 aromatic heterocycles. The second-order valence-corrected chi connectivity index (χ2v) is 7.78. The number of amides is 1. The molecule has 0 unspecified atom stereocenters. The zero-order chi connectivity index (χ0) is 21.1. The predicted octanol–water partition coefficient (Wildman–Crippen LogP) is 4.91. The number of nitrogens with zero attached hydrogens (tertiary/aromatic N) is 2. The van der Waals surface area contributed by atoms with Crippen molar-refractivity contribution in [3.05, 3.63) is 71.4 Å². The van der Waals surface area contributed by atoms with Crippen molar-refractivity contribution >= 4 is 16.8 Å². The molecule has 0 spiro atoms. The highest BCUT2D eigenvalue weighted by Gasteiger charge is 2.37. The summed E-state index contributed by atoms with van der Waals surface area (Å²) in [7, 11) is 1.68. The van der Waals surface area contributed by atoms with Gasteiger partial charge < -0.3 is 9.64 Å². The van der Waals surface area contributed by atoms with Crippen LogP contribution in [0.4, 0.5) is 0 Å². The van der Waals surface area contributed by atoms with E-state index in [1.165, 1.54) is 5.56 Å². The molecule has 4 heteroatoms. The molecule has 3 aromatic rings. The van der Waals surface area contributed by atoms with Crippen molar-refractivity contribution in [2.45, 2.75) is 44.7 Å². The Morgan fingerprint density at radius 1 is 1.27 bits per heavy atom. The Balaban J connectivity index is 1.89. The van der Waals surface area contributed by atoms with E-state index in [0.29, 0.717) is 0 Å². The first kappa shape index (κ1) is 20.0. The minimum absolute atomic E-state index is 0.0581. The van der Waals surface area contributed by atoms with Crippen molar-refractivity contribution in [2.24, 2.45) is 0 Å². The number of benzene rings is 2. The zero-order valence-corrected chi connectivity index (χ0v) is 17.5. The number of pyridine rings is 1. The van der Waals surface area contributed by atoms with E-state index >= 15 is 0 Å². The number of terminal acetylenes is 1. The van der Waals surface area contributed by atoms with E-state index in [0.717, 1.165) is 53.5 Å². The SMILES string of the molecule is C#CC(=O)N1[C@@H](CCCC)Cc2cc(OC)ccc2[C@@H]1c1ccc2ncccc2c1. The number of fused-ring (bicyclic) bond motifs is 2. The second-order valence-electron chi connectivity index (χ2n) is 7.78. The van der Waals surface area contributed by atoms with Gasteiger partial charge in [-0.05, 0) is 65.8 Å². The number of carbonyl (C=O) groups is 1. The van der Waals surface area contributed by atoms with E-state index in [1.807, 2.05) is 29.2 Å². The summed E-state index contributed by atoms with van der Waals surface area (Å²) in [6.07, 6.45) is 11.2. The number of hydrogen-bond acceptors (Lipinski definition) is 3. The van der Waals surface area contributed by atoms with Gasteiger partial charge in [0, 0.05) is 17.6 Å². The molecule has 1 aliphatic heterocycles. The number of hydrogen-bond donors (Lipinski definition) is 0. The van der Waals surface area contributed by atoms with Crippen LogP contribution in [0.2, 0.25) is 0 Å². The molecule has 2 heterocycles. The van der Waals surface area contributed by atoms with Crippen LogP contribution in [0.3, 0.4) is 0 Å². The number of carbonyl (C=O) groups excluding carboxylic acids is 1. The molecular formula is C26H26N2O2. The van der Waals surface area contributed by atoms with Crippen LogP contribution in [-0.4, -0.2) is 28.9 Å². The maximum Gasteiger partial charge on any atom is 0.299 e. The monoisotopic (exact) mass is 398 g/mol. The smallest absolute Gasteiger partial charge is 0.299 e. The fourth-order valence-electron chi connectivity index (χ4n) is 4.51. The summed E-state index contributed by atoms with van der Waals surface area (Å²) >= 11 is 0. The number of ether oxygens (including phenoxy) is 1. The molecule has 152 valence electrons. The first-order valence-electron chi connectivity index (χ1n) is 10.5. The number of unbranched alkanes of at least 4 members (excludes halogenated alkanes) is 1. The molecule has 0 aliphatic carbocycles. The van der Waals surface area contributed by atoms with Crippen LogP contribution >= 0.6 is 0 Å². The Hall–Kier alpha value is -3.32. The number of aromatic nitrogens is 1. The maximum atomic E-state index is 13.0. The summed E-state index contributed by atoms with van der Waals surface area (Å²) < 4.78 is 5.47. The lowest BCUT2D eigenvalue weighted by Gasteiger charge is -2.43. The summed E-state index contributed by atoms with van der Waals surface area (Å²) in [6, 6.07) is 16.1.